The fourth-order valence-electron chi connectivity index (χ4n) is 3.72. The largest absolute Gasteiger partial charge is 0.396 e. The van der Waals surface area contributed by atoms with Gasteiger partial charge in [-0.2, -0.15) is 10.1 Å². The van der Waals surface area contributed by atoms with Crippen molar-refractivity contribution >= 4 is 45.0 Å². The van der Waals surface area contributed by atoms with Crippen molar-refractivity contribution in [2.45, 2.75) is 0 Å². The van der Waals surface area contributed by atoms with Crippen molar-refractivity contribution in [1.29, 1.82) is 0 Å². The first-order chi connectivity index (χ1) is 15.4. The van der Waals surface area contributed by atoms with Crippen molar-refractivity contribution in [3.05, 3.63) is 92.0 Å². The van der Waals surface area contributed by atoms with Crippen LogP contribution in [0.3, 0.4) is 0 Å². The average Bonchev–Trinajstić information content (AvgIpc) is 2.78. The number of para-hydroxylation sites is 1. The van der Waals surface area contributed by atoms with Gasteiger partial charge in [0.25, 0.3) is 17.0 Å². The van der Waals surface area contributed by atoms with Crippen LogP contribution >= 0.6 is 0 Å². The summed E-state index contributed by atoms with van der Waals surface area (Å²) in [6.07, 6.45) is 0. The number of nitrogens with one attached hydrogen (secondary N) is 1. The minimum Gasteiger partial charge on any atom is -0.396 e. The topological polar surface area (TPSA) is 166 Å². The lowest BCUT2D eigenvalue weighted by atomic mass is 10.0. The number of amides is 1. The summed E-state index contributed by atoms with van der Waals surface area (Å²) in [4.78, 5) is 57.1. The summed E-state index contributed by atoms with van der Waals surface area (Å²) in [6, 6.07) is 14.7. The molecule has 156 valence electrons. The normalized spacial score (nSPS) is 11.2. The summed E-state index contributed by atoms with van der Waals surface area (Å²) in [6.45, 7) is 0. The Morgan fingerprint density at radius 2 is 1.62 bits per heavy atom. The Kier molecular flexibility index (Phi) is 4.09. The fraction of sp³-hybridized carbons (Fsp3) is 0. The third-order valence-corrected chi connectivity index (χ3v) is 5.18. The SMILES string of the molecule is NC(=O)c1c2[nH]c(=O)c(C(=O)c3ccccc3)c(N)c2nn2c1nc(=O)c1ccccc12. The molecule has 10 heteroatoms. The van der Waals surface area contributed by atoms with Gasteiger partial charge in [-0.3, -0.25) is 19.2 Å². The maximum Gasteiger partial charge on any atom is 0.281 e. The van der Waals surface area contributed by atoms with Crippen LogP contribution in [0.15, 0.2) is 64.2 Å². The number of nitrogens with two attached hydrogens (primary N) is 2. The molecule has 0 atom stereocenters. The molecule has 1 amide bonds. The predicted octanol–water partition coefficient (Wildman–Crippen LogP) is 0.996. The highest BCUT2D eigenvalue weighted by atomic mass is 16.2. The summed E-state index contributed by atoms with van der Waals surface area (Å²) in [5, 5.41) is 4.69. The molecule has 32 heavy (non-hydrogen) atoms. The maximum absolute atomic E-state index is 13.0. The number of aromatic nitrogens is 4. The van der Waals surface area contributed by atoms with Crippen LogP contribution in [0.5, 0.6) is 0 Å². The number of nitrogen functional groups attached to an aromatic ring is 1. The second-order valence-corrected chi connectivity index (χ2v) is 7.07. The van der Waals surface area contributed by atoms with Crippen LogP contribution in [0, 0.1) is 0 Å². The fourth-order valence-corrected chi connectivity index (χ4v) is 3.72. The van der Waals surface area contributed by atoms with E-state index in [2.05, 4.69) is 15.1 Å². The zero-order valence-corrected chi connectivity index (χ0v) is 16.3. The van der Waals surface area contributed by atoms with Crippen molar-refractivity contribution in [2.24, 2.45) is 5.73 Å². The number of benzene rings is 2. The molecule has 0 aliphatic heterocycles. The molecule has 3 aromatic heterocycles. The highest BCUT2D eigenvalue weighted by Gasteiger charge is 2.25. The van der Waals surface area contributed by atoms with Gasteiger partial charge in [0.1, 0.15) is 16.6 Å². The Hall–Kier alpha value is -4.86. The highest BCUT2D eigenvalue weighted by Crippen LogP contribution is 2.26. The molecule has 0 radical (unpaired) electrons. The van der Waals surface area contributed by atoms with Gasteiger partial charge < -0.3 is 16.5 Å². The lowest BCUT2D eigenvalue weighted by Gasteiger charge is -2.13. The summed E-state index contributed by atoms with van der Waals surface area (Å²) < 4.78 is 1.25. The molecule has 0 fully saturated rings. The predicted molar refractivity (Wildman–Crippen MR) is 118 cm³/mol. The first kappa shape index (κ1) is 19.1. The third-order valence-electron chi connectivity index (χ3n) is 5.18. The quantitative estimate of drug-likeness (QED) is 0.220. The minimum absolute atomic E-state index is 0.0271. The molecule has 0 aliphatic carbocycles. The van der Waals surface area contributed by atoms with E-state index in [0.717, 1.165) is 0 Å². The molecule has 0 bridgehead atoms. The second kappa shape index (κ2) is 6.84. The van der Waals surface area contributed by atoms with Crippen molar-refractivity contribution < 1.29 is 9.59 Å². The number of rotatable bonds is 3. The van der Waals surface area contributed by atoms with Gasteiger partial charge in [-0.1, -0.05) is 42.5 Å². The monoisotopic (exact) mass is 426 g/mol. The van der Waals surface area contributed by atoms with Crippen LogP contribution in [0.25, 0.3) is 27.6 Å². The first-order valence-electron chi connectivity index (χ1n) is 9.45. The Bertz CT molecular complexity index is 1720. The van der Waals surface area contributed by atoms with Gasteiger partial charge in [-0.05, 0) is 12.1 Å². The van der Waals surface area contributed by atoms with E-state index in [1.54, 1.807) is 54.6 Å². The van der Waals surface area contributed by atoms with Crippen molar-refractivity contribution in [2.75, 3.05) is 5.73 Å². The summed E-state index contributed by atoms with van der Waals surface area (Å²) in [5.74, 6) is -1.55. The number of hydrogen-bond acceptors (Lipinski definition) is 7. The van der Waals surface area contributed by atoms with Crippen molar-refractivity contribution in [3.63, 3.8) is 0 Å². The van der Waals surface area contributed by atoms with E-state index >= 15 is 0 Å². The summed E-state index contributed by atoms with van der Waals surface area (Å²) >= 11 is 0. The summed E-state index contributed by atoms with van der Waals surface area (Å²) in [7, 11) is 0. The number of ketones is 1. The second-order valence-electron chi connectivity index (χ2n) is 7.07. The van der Waals surface area contributed by atoms with Gasteiger partial charge in [-0.25, -0.2) is 4.52 Å². The number of aromatic amines is 1. The van der Waals surface area contributed by atoms with Crippen molar-refractivity contribution in [3.8, 4) is 0 Å². The molecule has 5 rings (SSSR count). The zero-order valence-electron chi connectivity index (χ0n) is 16.3. The number of pyridine rings is 1. The number of anilines is 1. The molecule has 0 saturated heterocycles. The Labute approximate surface area is 178 Å². The number of hydrogen-bond donors (Lipinski definition) is 3. The molecule has 0 aliphatic rings. The molecule has 0 spiro atoms. The average molecular weight is 426 g/mol. The molecule has 10 nitrogen and oxygen atoms in total. The van der Waals surface area contributed by atoms with Crippen LogP contribution < -0.4 is 22.6 Å². The number of carbonyl (C=O) groups is 2. The molecule has 0 unspecified atom stereocenters. The van der Waals surface area contributed by atoms with E-state index in [-0.39, 0.29) is 44.4 Å². The van der Waals surface area contributed by atoms with Gasteiger partial charge in [-0.15, -0.1) is 0 Å². The van der Waals surface area contributed by atoms with E-state index in [1.165, 1.54) is 4.52 Å². The Morgan fingerprint density at radius 3 is 2.34 bits per heavy atom. The Balaban J connectivity index is 1.97. The number of carbonyl (C=O) groups excluding carboxylic acids is 2. The molecule has 3 heterocycles. The van der Waals surface area contributed by atoms with Crippen LogP contribution in [0.4, 0.5) is 5.69 Å². The van der Waals surface area contributed by atoms with E-state index < -0.39 is 22.8 Å². The van der Waals surface area contributed by atoms with Crippen LogP contribution in [0.1, 0.15) is 26.3 Å². The van der Waals surface area contributed by atoms with E-state index in [9.17, 15) is 19.2 Å². The Morgan fingerprint density at radius 1 is 0.938 bits per heavy atom. The van der Waals surface area contributed by atoms with Gasteiger partial charge in [0.05, 0.1) is 22.1 Å². The molecule has 2 aromatic carbocycles. The van der Waals surface area contributed by atoms with Gasteiger partial charge >= 0.3 is 0 Å². The number of nitrogens with zero attached hydrogens (tertiary/aromatic N) is 3. The van der Waals surface area contributed by atoms with Gasteiger partial charge in [0.15, 0.2) is 5.65 Å². The highest BCUT2D eigenvalue weighted by molar-refractivity contribution is 6.17. The van der Waals surface area contributed by atoms with Gasteiger partial charge in [0.2, 0.25) is 5.78 Å². The van der Waals surface area contributed by atoms with Crippen LogP contribution in [0.2, 0.25) is 0 Å². The lowest BCUT2D eigenvalue weighted by molar-refractivity contribution is 0.100. The number of primary amides is 1. The van der Waals surface area contributed by atoms with E-state index in [0.29, 0.717) is 5.52 Å². The molecule has 5 aromatic rings. The maximum atomic E-state index is 13.0. The smallest absolute Gasteiger partial charge is 0.281 e. The molecular formula is C22H14N6O4. The van der Waals surface area contributed by atoms with Gasteiger partial charge in [0, 0.05) is 5.56 Å². The molecular weight excluding hydrogens is 412 g/mol. The third kappa shape index (κ3) is 2.67. The van der Waals surface area contributed by atoms with Crippen LogP contribution in [-0.4, -0.2) is 31.3 Å². The first-order valence-corrected chi connectivity index (χ1v) is 9.45. The van der Waals surface area contributed by atoms with E-state index in [4.69, 9.17) is 11.5 Å². The van der Waals surface area contributed by atoms with E-state index in [1.807, 2.05) is 0 Å². The molecule has 0 saturated carbocycles. The zero-order chi connectivity index (χ0) is 22.6. The summed E-state index contributed by atoms with van der Waals surface area (Å²) in [5.41, 5.74) is 9.99. The number of H-pyrrole nitrogens is 1. The molecule has 5 N–H and O–H groups in total. The van der Waals surface area contributed by atoms with Crippen molar-refractivity contribution in [1.82, 2.24) is 19.6 Å². The van der Waals surface area contributed by atoms with Crippen LogP contribution in [-0.2, 0) is 0 Å². The minimum atomic E-state index is -0.950. The lowest BCUT2D eigenvalue weighted by Crippen LogP contribution is -2.25. The number of fused-ring (bicyclic) bond motifs is 4. The standard InChI is InChI=1S/C22H14N6O4/c23-15-13(18(29)10-6-2-1-3-7-10)22(32)25-16-14(19(24)30)20-26-21(31)11-8-4-5-9-12(11)28(20)27-17(15)16/h1-9H,23H2,(H2,24,30)(H,25,32).